The van der Waals surface area contributed by atoms with Crippen molar-refractivity contribution in [3.8, 4) is 0 Å². The average molecular weight is 353 g/mol. The smallest absolute Gasteiger partial charge is 0.326 e. The van der Waals surface area contributed by atoms with Crippen LogP contribution in [0.5, 0.6) is 0 Å². The largest absolute Gasteiger partial charge is 0.480 e. The Morgan fingerprint density at radius 1 is 1.33 bits per heavy atom. The number of carboxylic acids is 1. The molecule has 7 heteroatoms. The van der Waals surface area contributed by atoms with Crippen LogP contribution in [0.25, 0.3) is 0 Å². The highest BCUT2D eigenvalue weighted by molar-refractivity contribution is 7.92. The fraction of sp³-hybridized carbons (Fsp3) is 0.529. The summed E-state index contributed by atoms with van der Waals surface area (Å²) >= 11 is 0. The Bertz CT molecular complexity index is 713. The Balaban J connectivity index is 2.07. The molecule has 1 aromatic carbocycles. The zero-order valence-electron chi connectivity index (χ0n) is 13.7. The number of hydrogen-bond donors (Lipinski definition) is 2. The molecule has 0 fully saturated rings. The first-order valence-corrected chi connectivity index (χ1v) is 9.95. The first-order valence-electron chi connectivity index (χ1n) is 8.12. The van der Waals surface area contributed by atoms with Crippen molar-refractivity contribution in [1.82, 2.24) is 5.32 Å². The van der Waals surface area contributed by atoms with E-state index in [0.717, 1.165) is 24.8 Å². The number of carboxylic acid groups (broad SMARTS) is 1. The molecular formula is C17H23NO5S. The number of fused-ring (bicyclic) bond motifs is 1. The van der Waals surface area contributed by atoms with Crippen LogP contribution in [0.1, 0.15) is 43.2 Å². The summed E-state index contributed by atoms with van der Waals surface area (Å²) in [7, 11) is -3.48. The maximum absolute atomic E-state index is 11.9. The number of rotatable bonds is 7. The second-order valence-electron chi connectivity index (χ2n) is 6.16. The van der Waals surface area contributed by atoms with Crippen molar-refractivity contribution in [3.63, 3.8) is 0 Å². The Labute approximate surface area is 142 Å². The molecule has 0 bridgehead atoms. The van der Waals surface area contributed by atoms with Crippen LogP contribution in [-0.2, 0) is 25.8 Å². The maximum atomic E-state index is 11.9. The van der Waals surface area contributed by atoms with Gasteiger partial charge in [-0.3, -0.25) is 4.79 Å². The minimum absolute atomic E-state index is 0.0548. The van der Waals surface area contributed by atoms with Crippen molar-refractivity contribution < 1.29 is 23.1 Å². The molecule has 1 amide bonds. The van der Waals surface area contributed by atoms with E-state index in [9.17, 15) is 23.1 Å². The molecule has 2 rings (SSSR count). The monoisotopic (exact) mass is 353 g/mol. The van der Waals surface area contributed by atoms with Crippen LogP contribution in [0.15, 0.2) is 24.3 Å². The van der Waals surface area contributed by atoms with Gasteiger partial charge in [-0.2, -0.15) is 0 Å². The van der Waals surface area contributed by atoms with E-state index in [1.807, 2.05) is 24.3 Å². The van der Waals surface area contributed by atoms with Crippen molar-refractivity contribution in [2.45, 2.75) is 44.6 Å². The number of aryl methyl sites for hydroxylation is 1. The van der Waals surface area contributed by atoms with E-state index in [2.05, 4.69) is 5.32 Å². The second kappa shape index (κ2) is 7.79. The molecule has 0 saturated heterocycles. The number of hydrogen-bond acceptors (Lipinski definition) is 4. The predicted octanol–water partition coefficient (Wildman–Crippen LogP) is 1.50. The van der Waals surface area contributed by atoms with Gasteiger partial charge in [-0.1, -0.05) is 31.2 Å². The van der Waals surface area contributed by atoms with Gasteiger partial charge in [0.25, 0.3) is 0 Å². The lowest BCUT2D eigenvalue weighted by atomic mass is 9.79. The third-order valence-corrected chi connectivity index (χ3v) is 6.02. The molecule has 0 spiro atoms. The molecule has 6 nitrogen and oxygen atoms in total. The summed E-state index contributed by atoms with van der Waals surface area (Å²) in [6.45, 7) is 1.45. The van der Waals surface area contributed by atoms with Gasteiger partial charge in [0, 0.05) is 5.75 Å². The molecule has 2 atom stereocenters. The molecule has 0 aromatic heterocycles. The van der Waals surface area contributed by atoms with Crippen molar-refractivity contribution in [2.75, 3.05) is 11.5 Å². The van der Waals surface area contributed by atoms with Crippen LogP contribution in [0.4, 0.5) is 0 Å². The highest BCUT2D eigenvalue weighted by Crippen LogP contribution is 2.34. The molecule has 0 saturated carbocycles. The van der Waals surface area contributed by atoms with E-state index >= 15 is 0 Å². The number of benzene rings is 1. The quantitative estimate of drug-likeness (QED) is 0.774. The summed E-state index contributed by atoms with van der Waals surface area (Å²) in [6.07, 6.45) is 3.09. The molecule has 0 aliphatic heterocycles. The number of carbonyl (C=O) groups is 2. The Morgan fingerprint density at radius 3 is 2.71 bits per heavy atom. The summed E-state index contributed by atoms with van der Waals surface area (Å²) in [5, 5.41) is 11.8. The molecule has 24 heavy (non-hydrogen) atoms. The van der Waals surface area contributed by atoms with Crippen LogP contribution in [0.3, 0.4) is 0 Å². The molecule has 132 valence electrons. The van der Waals surface area contributed by atoms with Crippen LogP contribution in [-0.4, -0.2) is 42.9 Å². The SMILES string of the molecule is CCS(=O)(=O)CC(=O)NC(CC1CCCc2ccccc21)C(=O)O. The fourth-order valence-corrected chi connectivity index (χ4v) is 3.83. The van der Waals surface area contributed by atoms with Crippen LogP contribution in [0.2, 0.25) is 0 Å². The number of sulfone groups is 1. The van der Waals surface area contributed by atoms with Gasteiger partial charge >= 0.3 is 5.97 Å². The van der Waals surface area contributed by atoms with E-state index in [1.54, 1.807) is 0 Å². The van der Waals surface area contributed by atoms with E-state index in [1.165, 1.54) is 12.5 Å². The molecule has 1 aliphatic carbocycles. The third-order valence-electron chi connectivity index (χ3n) is 4.44. The molecule has 0 heterocycles. The molecule has 0 radical (unpaired) electrons. The van der Waals surface area contributed by atoms with E-state index in [0.29, 0.717) is 0 Å². The first-order chi connectivity index (χ1) is 11.3. The van der Waals surface area contributed by atoms with Gasteiger partial charge in [-0.15, -0.1) is 0 Å². The van der Waals surface area contributed by atoms with E-state index in [-0.39, 0.29) is 18.1 Å². The minimum Gasteiger partial charge on any atom is -0.480 e. The molecule has 2 unspecified atom stereocenters. The van der Waals surface area contributed by atoms with Gasteiger partial charge in [-0.05, 0) is 42.7 Å². The topological polar surface area (TPSA) is 101 Å². The molecule has 1 aliphatic rings. The van der Waals surface area contributed by atoms with E-state index in [4.69, 9.17) is 0 Å². The van der Waals surface area contributed by atoms with Gasteiger partial charge in [0.15, 0.2) is 9.84 Å². The number of carbonyl (C=O) groups excluding carboxylic acids is 1. The van der Waals surface area contributed by atoms with Gasteiger partial charge in [0.2, 0.25) is 5.91 Å². The standard InChI is InChI=1S/C17H23NO5S/c1-2-24(22,23)11-16(19)18-15(17(20)21)10-13-8-5-7-12-6-3-4-9-14(12)13/h3-4,6,9,13,15H,2,5,7-8,10-11H2,1H3,(H,18,19)(H,20,21). The number of nitrogens with one attached hydrogen (secondary N) is 1. The van der Waals surface area contributed by atoms with Crippen LogP contribution >= 0.6 is 0 Å². The Morgan fingerprint density at radius 2 is 2.04 bits per heavy atom. The number of amides is 1. The van der Waals surface area contributed by atoms with Gasteiger partial charge < -0.3 is 10.4 Å². The van der Waals surface area contributed by atoms with Gasteiger partial charge in [0.05, 0.1) is 0 Å². The average Bonchev–Trinajstić information content (AvgIpc) is 2.54. The second-order valence-corrected chi connectivity index (χ2v) is 8.51. The Kier molecular flexibility index (Phi) is 5.99. The highest BCUT2D eigenvalue weighted by Gasteiger charge is 2.29. The Hall–Kier alpha value is -1.89. The summed E-state index contributed by atoms with van der Waals surface area (Å²) in [6, 6.07) is 6.86. The number of aliphatic carboxylic acids is 1. The van der Waals surface area contributed by atoms with Crippen molar-refractivity contribution in [2.24, 2.45) is 0 Å². The summed E-state index contributed by atoms with van der Waals surface area (Å²) < 4.78 is 23.0. The van der Waals surface area contributed by atoms with Gasteiger partial charge in [-0.25, -0.2) is 13.2 Å². The van der Waals surface area contributed by atoms with Gasteiger partial charge in [0.1, 0.15) is 11.8 Å². The van der Waals surface area contributed by atoms with Crippen LogP contribution in [0, 0.1) is 0 Å². The normalized spacial score (nSPS) is 18.5. The third kappa shape index (κ3) is 4.80. The van der Waals surface area contributed by atoms with Crippen molar-refractivity contribution in [3.05, 3.63) is 35.4 Å². The lowest BCUT2D eigenvalue weighted by Gasteiger charge is -2.28. The first kappa shape index (κ1) is 18.4. The highest BCUT2D eigenvalue weighted by atomic mass is 32.2. The summed E-state index contributed by atoms with van der Waals surface area (Å²) in [4.78, 5) is 23.4. The van der Waals surface area contributed by atoms with Crippen LogP contribution < -0.4 is 5.32 Å². The minimum atomic E-state index is -3.48. The zero-order chi connectivity index (χ0) is 17.7. The predicted molar refractivity (Wildman–Crippen MR) is 90.6 cm³/mol. The summed E-state index contributed by atoms with van der Waals surface area (Å²) in [5.41, 5.74) is 2.35. The fourth-order valence-electron chi connectivity index (χ4n) is 3.14. The van der Waals surface area contributed by atoms with E-state index < -0.39 is 33.5 Å². The lowest BCUT2D eigenvalue weighted by Crippen LogP contribution is -2.44. The summed E-state index contributed by atoms with van der Waals surface area (Å²) in [5.74, 6) is -2.66. The van der Waals surface area contributed by atoms with Crippen molar-refractivity contribution in [1.29, 1.82) is 0 Å². The lowest BCUT2D eigenvalue weighted by molar-refractivity contribution is -0.141. The maximum Gasteiger partial charge on any atom is 0.326 e. The zero-order valence-corrected chi connectivity index (χ0v) is 14.5. The molecular weight excluding hydrogens is 330 g/mol. The van der Waals surface area contributed by atoms with Crippen molar-refractivity contribution >= 4 is 21.7 Å². The molecule has 1 aromatic rings. The molecule has 2 N–H and O–H groups in total.